The topological polar surface area (TPSA) is 109 Å². The van der Waals surface area contributed by atoms with Crippen molar-refractivity contribution in [1.29, 1.82) is 0 Å². The van der Waals surface area contributed by atoms with Crippen LogP contribution in [0, 0.1) is 0 Å². The monoisotopic (exact) mass is 372 g/mol. The van der Waals surface area contributed by atoms with Gasteiger partial charge >= 0.3 is 0 Å². The molecule has 28 heavy (non-hydrogen) atoms. The van der Waals surface area contributed by atoms with Crippen LogP contribution in [0.15, 0.2) is 83.5 Å². The molecule has 0 spiro atoms. The van der Waals surface area contributed by atoms with E-state index in [2.05, 4.69) is 31.0 Å². The molecule has 2 aromatic heterocycles. The minimum absolute atomic E-state index is 0.336. The maximum Gasteiger partial charge on any atom is 0.272 e. The molecule has 0 saturated carbocycles. The van der Waals surface area contributed by atoms with Crippen LogP contribution in [0.3, 0.4) is 0 Å². The van der Waals surface area contributed by atoms with E-state index in [1.807, 2.05) is 24.3 Å². The summed E-state index contributed by atoms with van der Waals surface area (Å²) < 4.78 is 0. The van der Waals surface area contributed by atoms with Gasteiger partial charge in [-0.15, -0.1) is 0 Å². The SMILES string of the molecule is O=C(NN=Cc1ccc(C=NNC(=O)c2cccnc2)cc1)c1cccnc1. The van der Waals surface area contributed by atoms with Crippen molar-refractivity contribution in [2.75, 3.05) is 0 Å². The molecule has 0 atom stereocenters. The molecule has 2 amide bonds. The first-order valence-electron chi connectivity index (χ1n) is 8.29. The normalized spacial score (nSPS) is 10.9. The van der Waals surface area contributed by atoms with Crippen LogP contribution in [0.5, 0.6) is 0 Å². The summed E-state index contributed by atoms with van der Waals surface area (Å²) >= 11 is 0. The van der Waals surface area contributed by atoms with Crippen molar-refractivity contribution in [3.05, 3.63) is 95.6 Å². The van der Waals surface area contributed by atoms with Gasteiger partial charge in [0.15, 0.2) is 0 Å². The van der Waals surface area contributed by atoms with Gasteiger partial charge in [-0.3, -0.25) is 19.6 Å². The molecule has 2 N–H and O–H groups in total. The third-order valence-electron chi connectivity index (χ3n) is 3.54. The van der Waals surface area contributed by atoms with Gasteiger partial charge in [0.25, 0.3) is 11.8 Å². The number of hydrogen-bond donors (Lipinski definition) is 2. The zero-order chi connectivity index (χ0) is 19.6. The van der Waals surface area contributed by atoms with E-state index < -0.39 is 0 Å². The number of amides is 2. The molecule has 3 aromatic rings. The van der Waals surface area contributed by atoms with E-state index in [0.29, 0.717) is 11.1 Å². The largest absolute Gasteiger partial charge is 0.272 e. The number of pyridine rings is 2. The number of nitrogens with one attached hydrogen (secondary N) is 2. The molecule has 0 aliphatic carbocycles. The van der Waals surface area contributed by atoms with Crippen molar-refractivity contribution in [3.63, 3.8) is 0 Å². The number of hydrazone groups is 2. The zero-order valence-electron chi connectivity index (χ0n) is 14.7. The third-order valence-corrected chi connectivity index (χ3v) is 3.54. The Morgan fingerprint density at radius 1 is 0.714 bits per heavy atom. The lowest BCUT2D eigenvalue weighted by atomic mass is 10.2. The number of carbonyl (C=O) groups excluding carboxylic acids is 2. The first-order chi connectivity index (χ1) is 13.7. The molecule has 8 heteroatoms. The fourth-order valence-electron chi connectivity index (χ4n) is 2.12. The minimum atomic E-state index is -0.336. The second kappa shape index (κ2) is 9.48. The Morgan fingerprint density at radius 3 is 1.50 bits per heavy atom. The van der Waals surface area contributed by atoms with Gasteiger partial charge in [-0.25, -0.2) is 10.9 Å². The standard InChI is InChI=1S/C20H16N6O2/c27-19(17-3-1-9-21-13-17)25-23-11-15-5-7-16(8-6-15)12-24-26-20(28)18-4-2-10-22-14-18/h1-14H,(H,25,27)(H,26,28). The highest BCUT2D eigenvalue weighted by atomic mass is 16.2. The quantitative estimate of drug-likeness (QED) is 0.509. The van der Waals surface area contributed by atoms with Crippen molar-refractivity contribution in [1.82, 2.24) is 20.8 Å². The minimum Gasteiger partial charge on any atom is -0.267 e. The molecule has 0 unspecified atom stereocenters. The maximum absolute atomic E-state index is 11.8. The van der Waals surface area contributed by atoms with Crippen LogP contribution in [-0.2, 0) is 0 Å². The number of benzene rings is 1. The van der Waals surface area contributed by atoms with Gasteiger partial charge in [0.05, 0.1) is 23.6 Å². The lowest BCUT2D eigenvalue weighted by Crippen LogP contribution is -2.17. The lowest BCUT2D eigenvalue weighted by molar-refractivity contribution is 0.0946. The van der Waals surface area contributed by atoms with E-state index in [1.54, 1.807) is 36.7 Å². The number of nitrogens with zero attached hydrogens (tertiary/aromatic N) is 4. The maximum atomic E-state index is 11.8. The third kappa shape index (κ3) is 5.40. The van der Waals surface area contributed by atoms with Crippen molar-refractivity contribution < 1.29 is 9.59 Å². The average Bonchev–Trinajstić information content (AvgIpc) is 2.76. The molecule has 138 valence electrons. The van der Waals surface area contributed by atoms with Crippen LogP contribution in [0.1, 0.15) is 31.8 Å². The molecule has 8 nitrogen and oxygen atoms in total. The smallest absolute Gasteiger partial charge is 0.267 e. The van der Waals surface area contributed by atoms with E-state index >= 15 is 0 Å². The highest BCUT2D eigenvalue weighted by Gasteiger charge is 2.03. The Balaban J connectivity index is 1.50. The number of carbonyl (C=O) groups is 2. The second-order valence-electron chi connectivity index (χ2n) is 5.55. The van der Waals surface area contributed by atoms with Crippen LogP contribution in [0.25, 0.3) is 0 Å². The number of hydrogen-bond acceptors (Lipinski definition) is 6. The highest BCUT2D eigenvalue weighted by molar-refractivity contribution is 5.95. The van der Waals surface area contributed by atoms with Crippen LogP contribution < -0.4 is 10.9 Å². The fourth-order valence-corrected chi connectivity index (χ4v) is 2.12. The Hall–Kier alpha value is -4.20. The van der Waals surface area contributed by atoms with Crippen molar-refractivity contribution in [3.8, 4) is 0 Å². The van der Waals surface area contributed by atoms with Crippen LogP contribution >= 0.6 is 0 Å². The molecule has 0 radical (unpaired) electrons. The van der Waals surface area contributed by atoms with E-state index in [-0.39, 0.29) is 11.8 Å². The van der Waals surface area contributed by atoms with E-state index in [0.717, 1.165) is 11.1 Å². The second-order valence-corrected chi connectivity index (χ2v) is 5.55. The molecule has 0 bridgehead atoms. The summed E-state index contributed by atoms with van der Waals surface area (Å²) in [6, 6.07) is 13.9. The zero-order valence-corrected chi connectivity index (χ0v) is 14.7. The summed E-state index contributed by atoms with van der Waals surface area (Å²) in [5.74, 6) is -0.671. The Morgan fingerprint density at radius 2 is 1.14 bits per heavy atom. The van der Waals surface area contributed by atoms with Gasteiger partial charge < -0.3 is 0 Å². The summed E-state index contributed by atoms with van der Waals surface area (Å²) in [6.07, 6.45) is 9.17. The Kier molecular flexibility index (Phi) is 6.30. The average molecular weight is 372 g/mol. The van der Waals surface area contributed by atoms with Crippen LogP contribution in [0.4, 0.5) is 0 Å². The molecule has 1 aromatic carbocycles. The first kappa shape index (κ1) is 18.6. The summed E-state index contributed by atoms with van der Waals surface area (Å²) in [6.45, 7) is 0. The fraction of sp³-hybridized carbons (Fsp3) is 0. The highest BCUT2D eigenvalue weighted by Crippen LogP contribution is 2.01. The first-order valence-corrected chi connectivity index (χ1v) is 8.29. The Bertz CT molecular complexity index is 904. The van der Waals surface area contributed by atoms with Gasteiger partial charge in [0.2, 0.25) is 0 Å². The van der Waals surface area contributed by atoms with Crippen LogP contribution in [-0.4, -0.2) is 34.2 Å². The van der Waals surface area contributed by atoms with E-state index in [1.165, 1.54) is 24.8 Å². The molecule has 0 aliphatic rings. The molecule has 0 aliphatic heterocycles. The number of rotatable bonds is 6. The molecule has 0 saturated heterocycles. The summed E-state index contributed by atoms with van der Waals surface area (Å²) in [5, 5.41) is 7.84. The van der Waals surface area contributed by atoms with Gasteiger partial charge in [-0.05, 0) is 35.4 Å². The molecule has 2 heterocycles. The predicted octanol–water partition coefficient (Wildman–Crippen LogP) is 2.00. The van der Waals surface area contributed by atoms with Crippen molar-refractivity contribution in [2.45, 2.75) is 0 Å². The summed E-state index contributed by atoms with van der Waals surface area (Å²) in [4.78, 5) is 31.4. The van der Waals surface area contributed by atoms with Gasteiger partial charge in [0.1, 0.15) is 0 Å². The molecular weight excluding hydrogens is 356 g/mol. The Labute approximate surface area is 161 Å². The van der Waals surface area contributed by atoms with Gasteiger partial charge in [0, 0.05) is 24.8 Å². The molecular formula is C20H16N6O2. The van der Waals surface area contributed by atoms with Crippen molar-refractivity contribution >= 4 is 24.2 Å². The lowest BCUT2D eigenvalue weighted by Gasteiger charge is -1.99. The summed E-state index contributed by atoms with van der Waals surface area (Å²) in [5.41, 5.74) is 7.32. The predicted molar refractivity (Wildman–Crippen MR) is 105 cm³/mol. The van der Waals surface area contributed by atoms with Crippen LogP contribution in [0.2, 0.25) is 0 Å². The molecule has 0 fully saturated rings. The van der Waals surface area contributed by atoms with E-state index in [9.17, 15) is 9.59 Å². The van der Waals surface area contributed by atoms with Crippen molar-refractivity contribution in [2.24, 2.45) is 10.2 Å². The summed E-state index contributed by atoms with van der Waals surface area (Å²) in [7, 11) is 0. The van der Waals surface area contributed by atoms with Gasteiger partial charge in [-0.1, -0.05) is 24.3 Å². The van der Waals surface area contributed by atoms with Gasteiger partial charge in [-0.2, -0.15) is 10.2 Å². The van der Waals surface area contributed by atoms with E-state index in [4.69, 9.17) is 0 Å². The number of aromatic nitrogens is 2. The molecule has 3 rings (SSSR count).